The fourth-order valence-corrected chi connectivity index (χ4v) is 4.08. The average molecular weight is 306 g/mol. The first-order valence-corrected chi connectivity index (χ1v) is 7.92. The van der Waals surface area contributed by atoms with E-state index in [1.165, 1.54) is 45.5 Å². The molecule has 2 saturated carbocycles. The number of ether oxygens (including phenoxy) is 2. The van der Waals surface area contributed by atoms with E-state index >= 15 is 0 Å². The van der Waals surface area contributed by atoms with Crippen molar-refractivity contribution in [1.29, 1.82) is 0 Å². The number of hydrogen-bond acceptors (Lipinski definition) is 4. The van der Waals surface area contributed by atoms with Crippen LogP contribution in [0.1, 0.15) is 45.4 Å². The molecule has 4 nitrogen and oxygen atoms in total. The third kappa shape index (κ3) is 2.59. The van der Waals surface area contributed by atoms with Gasteiger partial charge in [-0.1, -0.05) is 24.1 Å². The van der Waals surface area contributed by atoms with Crippen LogP contribution in [-0.4, -0.2) is 26.2 Å². The maximum absolute atomic E-state index is 12.2. The van der Waals surface area contributed by atoms with Crippen LogP contribution in [0.25, 0.3) is 0 Å². The van der Waals surface area contributed by atoms with Crippen LogP contribution in [0.3, 0.4) is 0 Å². The molecule has 2 unspecified atom stereocenters. The maximum Gasteiger partial charge on any atom is 0.323 e. The molecule has 2 rings (SSSR count). The second kappa shape index (κ2) is 6.27. The van der Waals surface area contributed by atoms with E-state index in [1.54, 1.807) is 6.08 Å². The predicted molar refractivity (Wildman–Crippen MR) is 84.0 cm³/mol. The maximum atomic E-state index is 12.2. The Labute approximate surface area is 132 Å². The molecule has 0 aromatic heterocycles. The van der Waals surface area contributed by atoms with Crippen molar-refractivity contribution in [3.05, 3.63) is 24.3 Å². The van der Waals surface area contributed by atoms with Crippen LogP contribution >= 0.6 is 0 Å². The Hall–Kier alpha value is -1.58. The quantitative estimate of drug-likeness (QED) is 0.411. The van der Waals surface area contributed by atoms with E-state index in [1.807, 2.05) is 6.08 Å². The fourth-order valence-electron chi connectivity index (χ4n) is 4.08. The van der Waals surface area contributed by atoms with Crippen molar-refractivity contribution >= 4 is 11.9 Å². The summed E-state index contributed by atoms with van der Waals surface area (Å²) < 4.78 is 9.74. The molecule has 2 fully saturated rings. The summed E-state index contributed by atoms with van der Waals surface area (Å²) in [5.74, 6) is -0.312. The van der Waals surface area contributed by atoms with E-state index in [0.717, 1.165) is 5.92 Å². The molecule has 0 saturated heterocycles. The van der Waals surface area contributed by atoms with Gasteiger partial charge in [-0.05, 0) is 50.4 Å². The molecule has 0 aromatic rings. The zero-order valence-corrected chi connectivity index (χ0v) is 13.8. The van der Waals surface area contributed by atoms with Crippen LogP contribution < -0.4 is 0 Å². The summed E-state index contributed by atoms with van der Waals surface area (Å²) in [6.07, 6.45) is 9.20. The van der Waals surface area contributed by atoms with E-state index in [2.05, 4.69) is 13.5 Å². The molecule has 0 N–H and O–H groups in total. The highest BCUT2D eigenvalue weighted by Crippen LogP contribution is 2.67. The summed E-state index contributed by atoms with van der Waals surface area (Å²) in [7, 11) is 2.60. The minimum atomic E-state index is -1.31. The van der Waals surface area contributed by atoms with E-state index < -0.39 is 17.4 Å². The molecule has 0 aromatic carbocycles. The van der Waals surface area contributed by atoms with Crippen molar-refractivity contribution in [1.82, 2.24) is 0 Å². The molecule has 22 heavy (non-hydrogen) atoms. The summed E-state index contributed by atoms with van der Waals surface area (Å²) in [6, 6.07) is 0. The number of rotatable bonds is 7. The van der Waals surface area contributed by atoms with Gasteiger partial charge < -0.3 is 9.47 Å². The number of hydrogen-bond donors (Lipinski definition) is 0. The molecule has 0 spiro atoms. The Balaban J connectivity index is 2.24. The molecule has 0 radical (unpaired) electrons. The Morgan fingerprint density at radius 3 is 2.32 bits per heavy atom. The zero-order valence-electron chi connectivity index (χ0n) is 13.8. The monoisotopic (exact) mass is 306 g/mol. The van der Waals surface area contributed by atoms with Crippen LogP contribution in [0.5, 0.6) is 0 Å². The van der Waals surface area contributed by atoms with E-state index in [0.29, 0.717) is 11.8 Å². The van der Waals surface area contributed by atoms with E-state index in [9.17, 15) is 9.59 Å². The van der Waals surface area contributed by atoms with Crippen molar-refractivity contribution in [2.24, 2.45) is 16.7 Å². The summed E-state index contributed by atoms with van der Waals surface area (Å²) >= 11 is 0. The molecule has 0 heterocycles. The third-order valence-electron chi connectivity index (χ3n) is 5.59. The lowest BCUT2D eigenvalue weighted by atomic mass is 9.79. The normalized spacial score (nSPS) is 27.0. The molecule has 122 valence electrons. The van der Waals surface area contributed by atoms with Crippen LogP contribution in [-0.2, 0) is 19.1 Å². The third-order valence-corrected chi connectivity index (χ3v) is 5.59. The zero-order chi connectivity index (χ0) is 16.4. The lowest BCUT2D eigenvalue weighted by molar-refractivity contribution is -0.168. The lowest BCUT2D eigenvalue weighted by Gasteiger charge is -2.26. The molecule has 0 aliphatic heterocycles. The number of allylic oxidation sites excluding steroid dienone is 3. The molecule has 4 heteroatoms. The van der Waals surface area contributed by atoms with Crippen LogP contribution in [0.15, 0.2) is 24.3 Å². The largest absolute Gasteiger partial charge is 0.468 e. The topological polar surface area (TPSA) is 52.6 Å². The Bertz CT molecular complexity index is 489. The second-order valence-corrected chi connectivity index (χ2v) is 6.60. The van der Waals surface area contributed by atoms with Crippen molar-refractivity contribution in [2.45, 2.75) is 45.4 Å². The van der Waals surface area contributed by atoms with Gasteiger partial charge in [0.1, 0.15) is 0 Å². The first-order chi connectivity index (χ1) is 10.5. The number of esters is 2. The standard InChI is InChI=1S/C18H26O4/c1-5-9-17(15(19)21-3,16(20)22-4)11-8-13(2)18-10-6-7-14(18)12-18/h5,8,14H,1,6-7,9-12H2,2-4H3/b13-8+. The molecule has 0 bridgehead atoms. The van der Waals surface area contributed by atoms with Crippen LogP contribution in [0.4, 0.5) is 0 Å². The number of carbonyl (C=O) groups is 2. The van der Waals surface area contributed by atoms with Gasteiger partial charge in [0.25, 0.3) is 0 Å². The van der Waals surface area contributed by atoms with Gasteiger partial charge in [0, 0.05) is 0 Å². The van der Waals surface area contributed by atoms with Gasteiger partial charge in [-0.3, -0.25) is 9.59 Å². The van der Waals surface area contributed by atoms with Gasteiger partial charge in [0.05, 0.1) is 14.2 Å². The molecule has 2 aliphatic rings. The summed E-state index contributed by atoms with van der Waals surface area (Å²) in [5.41, 5.74) is 0.328. The highest BCUT2D eigenvalue weighted by Gasteiger charge is 2.57. The highest BCUT2D eigenvalue weighted by atomic mass is 16.5. The summed E-state index contributed by atoms with van der Waals surface area (Å²) in [5, 5.41) is 0. The minimum Gasteiger partial charge on any atom is -0.468 e. The van der Waals surface area contributed by atoms with Crippen LogP contribution in [0, 0.1) is 16.7 Å². The Kier molecular flexibility index (Phi) is 4.78. The SMILES string of the molecule is C=CCC(C/C=C(\C)C12CCCC1C2)(C(=O)OC)C(=O)OC. The van der Waals surface area contributed by atoms with Crippen LogP contribution in [0.2, 0.25) is 0 Å². The van der Waals surface area contributed by atoms with Gasteiger partial charge in [0.2, 0.25) is 0 Å². The molecule has 2 atom stereocenters. The first kappa shape index (κ1) is 16.8. The number of carbonyl (C=O) groups excluding carboxylic acids is 2. The van der Waals surface area contributed by atoms with Crippen molar-refractivity contribution < 1.29 is 19.1 Å². The van der Waals surface area contributed by atoms with Gasteiger partial charge in [-0.2, -0.15) is 0 Å². The van der Waals surface area contributed by atoms with Crippen molar-refractivity contribution in [3.8, 4) is 0 Å². The van der Waals surface area contributed by atoms with E-state index in [-0.39, 0.29) is 6.42 Å². The average Bonchev–Trinajstić information content (AvgIpc) is 3.11. The smallest absolute Gasteiger partial charge is 0.323 e. The van der Waals surface area contributed by atoms with Crippen molar-refractivity contribution in [3.63, 3.8) is 0 Å². The summed E-state index contributed by atoms with van der Waals surface area (Å²) in [4.78, 5) is 24.5. The molecule has 2 aliphatic carbocycles. The first-order valence-electron chi connectivity index (χ1n) is 7.92. The highest BCUT2D eigenvalue weighted by molar-refractivity contribution is 6.00. The van der Waals surface area contributed by atoms with Gasteiger partial charge in [0.15, 0.2) is 5.41 Å². The fraction of sp³-hybridized carbons (Fsp3) is 0.667. The van der Waals surface area contributed by atoms with Gasteiger partial charge in [-0.15, -0.1) is 6.58 Å². The second-order valence-electron chi connectivity index (χ2n) is 6.60. The minimum absolute atomic E-state index is 0.215. The molecule has 0 amide bonds. The lowest BCUT2D eigenvalue weighted by Crippen LogP contribution is -2.40. The number of methoxy groups -OCH3 is 2. The molecular formula is C18H26O4. The van der Waals surface area contributed by atoms with Gasteiger partial charge >= 0.3 is 11.9 Å². The van der Waals surface area contributed by atoms with Gasteiger partial charge in [-0.25, -0.2) is 0 Å². The number of fused-ring (bicyclic) bond motifs is 1. The molecular weight excluding hydrogens is 280 g/mol. The Morgan fingerprint density at radius 1 is 1.27 bits per heavy atom. The summed E-state index contributed by atoms with van der Waals surface area (Å²) in [6.45, 7) is 5.79. The van der Waals surface area contributed by atoms with Crippen molar-refractivity contribution in [2.75, 3.05) is 14.2 Å². The predicted octanol–water partition coefficient (Wildman–Crippen LogP) is 3.42. The van der Waals surface area contributed by atoms with E-state index in [4.69, 9.17) is 9.47 Å². The Morgan fingerprint density at radius 2 is 1.91 bits per heavy atom.